The summed E-state index contributed by atoms with van der Waals surface area (Å²) < 4.78 is 0. The molecule has 0 spiro atoms. The lowest BCUT2D eigenvalue weighted by molar-refractivity contribution is -0.122. The zero-order chi connectivity index (χ0) is 13.5. The molecule has 0 atom stereocenters. The second kappa shape index (κ2) is 7.77. The first-order valence-corrected chi connectivity index (χ1v) is 6.83. The van der Waals surface area contributed by atoms with Crippen LogP contribution in [0.3, 0.4) is 0 Å². The SMILES string of the molecule is C=C(Cl)CN(C)CC1CCN(CC(=O)NC)CC1. The first-order valence-electron chi connectivity index (χ1n) is 6.46. The number of carbonyl (C=O) groups is 1. The minimum atomic E-state index is 0.101. The van der Waals surface area contributed by atoms with Crippen molar-refractivity contribution in [2.24, 2.45) is 5.92 Å². The van der Waals surface area contributed by atoms with Crippen molar-refractivity contribution in [1.29, 1.82) is 0 Å². The Hall–Kier alpha value is -0.580. The Morgan fingerprint density at radius 2 is 2.11 bits per heavy atom. The molecular weight excluding hydrogens is 250 g/mol. The van der Waals surface area contributed by atoms with Gasteiger partial charge in [0.2, 0.25) is 5.91 Å². The maximum Gasteiger partial charge on any atom is 0.233 e. The smallest absolute Gasteiger partial charge is 0.233 e. The van der Waals surface area contributed by atoms with Crippen LogP contribution in [0, 0.1) is 5.92 Å². The van der Waals surface area contributed by atoms with Gasteiger partial charge in [-0.05, 0) is 38.9 Å². The summed E-state index contributed by atoms with van der Waals surface area (Å²) in [5.74, 6) is 0.802. The van der Waals surface area contributed by atoms with Crippen LogP contribution in [0.15, 0.2) is 11.6 Å². The molecular formula is C13H24ClN3O. The van der Waals surface area contributed by atoms with Gasteiger partial charge in [0, 0.05) is 25.2 Å². The fourth-order valence-corrected chi connectivity index (χ4v) is 2.61. The lowest BCUT2D eigenvalue weighted by atomic mass is 9.96. The molecule has 1 aliphatic heterocycles. The predicted molar refractivity (Wildman–Crippen MR) is 75.7 cm³/mol. The van der Waals surface area contributed by atoms with E-state index in [0.29, 0.717) is 17.5 Å². The lowest BCUT2D eigenvalue weighted by Crippen LogP contribution is -2.42. The van der Waals surface area contributed by atoms with Crippen molar-refractivity contribution in [3.8, 4) is 0 Å². The molecule has 0 unspecified atom stereocenters. The number of hydrogen-bond acceptors (Lipinski definition) is 3. The molecule has 1 rings (SSSR count). The molecule has 1 saturated heterocycles. The Labute approximate surface area is 115 Å². The summed E-state index contributed by atoms with van der Waals surface area (Å²) in [6, 6.07) is 0. The van der Waals surface area contributed by atoms with Gasteiger partial charge in [-0.2, -0.15) is 0 Å². The molecule has 1 N–H and O–H groups in total. The summed E-state index contributed by atoms with van der Waals surface area (Å²) in [6.45, 7) is 8.06. The standard InChI is InChI=1S/C13H24ClN3O/c1-11(14)8-16(3)9-12-4-6-17(7-5-12)10-13(18)15-2/h12H,1,4-10H2,2-3H3,(H,15,18). The van der Waals surface area contributed by atoms with Gasteiger partial charge in [-0.3, -0.25) is 9.69 Å². The van der Waals surface area contributed by atoms with E-state index in [2.05, 4.69) is 28.7 Å². The number of hydrogen-bond donors (Lipinski definition) is 1. The van der Waals surface area contributed by atoms with Gasteiger partial charge in [-0.15, -0.1) is 0 Å². The topological polar surface area (TPSA) is 35.6 Å². The quantitative estimate of drug-likeness (QED) is 0.788. The second-order valence-electron chi connectivity index (χ2n) is 5.11. The van der Waals surface area contributed by atoms with E-state index in [1.807, 2.05) is 0 Å². The molecule has 1 fully saturated rings. The molecule has 0 saturated carbocycles. The third kappa shape index (κ3) is 5.85. The molecule has 1 aliphatic rings. The third-order valence-electron chi connectivity index (χ3n) is 3.36. The molecule has 0 bridgehead atoms. The molecule has 0 aromatic rings. The fourth-order valence-electron chi connectivity index (χ4n) is 2.41. The Morgan fingerprint density at radius 1 is 1.50 bits per heavy atom. The summed E-state index contributed by atoms with van der Waals surface area (Å²) in [7, 11) is 3.76. The van der Waals surface area contributed by atoms with Gasteiger partial charge in [0.25, 0.3) is 0 Å². The van der Waals surface area contributed by atoms with E-state index in [4.69, 9.17) is 11.6 Å². The molecule has 5 heteroatoms. The highest BCUT2D eigenvalue weighted by Gasteiger charge is 2.21. The van der Waals surface area contributed by atoms with Gasteiger partial charge in [0.1, 0.15) is 0 Å². The zero-order valence-electron chi connectivity index (χ0n) is 11.4. The maximum atomic E-state index is 11.3. The molecule has 1 heterocycles. The Bertz CT molecular complexity index is 288. The van der Waals surface area contributed by atoms with Crippen LogP contribution in [0.5, 0.6) is 0 Å². The first kappa shape index (κ1) is 15.5. The number of halogens is 1. The first-order chi connectivity index (χ1) is 8.51. The minimum Gasteiger partial charge on any atom is -0.358 e. The molecule has 104 valence electrons. The molecule has 4 nitrogen and oxygen atoms in total. The average Bonchev–Trinajstić information content (AvgIpc) is 2.30. The number of likely N-dealkylation sites (N-methyl/N-ethyl adjacent to an activating group) is 2. The number of carbonyl (C=O) groups excluding carboxylic acids is 1. The summed E-state index contributed by atoms with van der Waals surface area (Å²) >= 11 is 5.80. The van der Waals surface area contributed by atoms with Crippen molar-refractivity contribution >= 4 is 17.5 Å². The van der Waals surface area contributed by atoms with Crippen molar-refractivity contribution in [3.63, 3.8) is 0 Å². The predicted octanol–water partition coefficient (Wildman–Crippen LogP) is 1.13. The van der Waals surface area contributed by atoms with E-state index in [-0.39, 0.29) is 5.91 Å². The van der Waals surface area contributed by atoms with E-state index in [0.717, 1.165) is 39.0 Å². The van der Waals surface area contributed by atoms with Gasteiger partial charge in [-0.1, -0.05) is 18.2 Å². The number of nitrogens with one attached hydrogen (secondary N) is 1. The highest BCUT2D eigenvalue weighted by Crippen LogP contribution is 2.18. The summed E-state index contributed by atoms with van der Waals surface area (Å²) in [5.41, 5.74) is 0. The van der Waals surface area contributed by atoms with Crippen molar-refractivity contribution in [2.75, 3.05) is 46.8 Å². The number of nitrogens with zero attached hydrogens (tertiary/aromatic N) is 2. The van der Waals surface area contributed by atoms with Crippen molar-refractivity contribution in [1.82, 2.24) is 15.1 Å². The van der Waals surface area contributed by atoms with Crippen molar-refractivity contribution < 1.29 is 4.79 Å². The monoisotopic (exact) mass is 273 g/mol. The molecule has 0 radical (unpaired) electrons. The van der Waals surface area contributed by atoms with Gasteiger partial charge < -0.3 is 10.2 Å². The van der Waals surface area contributed by atoms with Crippen LogP contribution in [0.2, 0.25) is 0 Å². The summed E-state index contributed by atoms with van der Waals surface area (Å²) in [6.07, 6.45) is 2.30. The largest absolute Gasteiger partial charge is 0.358 e. The van der Waals surface area contributed by atoms with Crippen molar-refractivity contribution in [2.45, 2.75) is 12.8 Å². The fraction of sp³-hybridized carbons (Fsp3) is 0.769. The van der Waals surface area contributed by atoms with E-state index >= 15 is 0 Å². The van der Waals surface area contributed by atoms with Crippen LogP contribution in [0.4, 0.5) is 0 Å². The number of piperidine rings is 1. The van der Waals surface area contributed by atoms with Crippen LogP contribution < -0.4 is 5.32 Å². The normalized spacial score (nSPS) is 18.0. The maximum absolute atomic E-state index is 11.3. The van der Waals surface area contributed by atoms with E-state index in [1.165, 1.54) is 0 Å². The minimum absolute atomic E-state index is 0.101. The van der Waals surface area contributed by atoms with E-state index < -0.39 is 0 Å². The van der Waals surface area contributed by atoms with Crippen LogP contribution >= 0.6 is 11.6 Å². The van der Waals surface area contributed by atoms with Gasteiger partial charge >= 0.3 is 0 Å². The number of likely N-dealkylation sites (tertiary alicyclic amines) is 1. The van der Waals surface area contributed by atoms with Gasteiger partial charge in [0.15, 0.2) is 0 Å². The molecule has 0 aromatic heterocycles. The highest BCUT2D eigenvalue weighted by atomic mass is 35.5. The number of amides is 1. The number of rotatable bonds is 6. The Balaban J connectivity index is 2.22. The third-order valence-corrected chi connectivity index (χ3v) is 3.48. The molecule has 18 heavy (non-hydrogen) atoms. The lowest BCUT2D eigenvalue weighted by Gasteiger charge is -2.33. The summed E-state index contributed by atoms with van der Waals surface area (Å²) in [4.78, 5) is 15.7. The van der Waals surface area contributed by atoms with Crippen LogP contribution in [0.1, 0.15) is 12.8 Å². The molecule has 1 amide bonds. The van der Waals surface area contributed by atoms with Gasteiger partial charge in [-0.25, -0.2) is 0 Å². The Morgan fingerprint density at radius 3 is 2.61 bits per heavy atom. The zero-order valence-corrected chi connectivity index (χ0v) is 12.2. The van der Waals surface area contributed by atoms with Crippen molar-refractivity contribution in [3.05, 3.63) is 11.6 Å². The highest BCUT2D eigenvalue weighted by molar-refractivity contribution is 6.29. The molecule has 0 aliphatic carbocycles. The van der Waals surface area contributed by atoms with E-state index in [1.54, 1.807) is 7.05 Å². The molecule has 0 aromatic carbocycles. The van der Waals surface area contributed by atoms with Crippen LogP contribution in [-0.2, 0) is 4.79 Å². The second-order valence-corrected chi connectivity index (χ2v) is 5.64. The van der Waals surface area contributed by atoms with Crippen LogP contribution in [0.25, 0.3) is 0 Å². The van der Waals surface area contributed by atoms with E-state index in [9.17, 15) is 4.79 Å². The average molecular weight is 274 g/mol. The van der Waals surface area contributed by atoms with Gasteiger partial charge in [0.05, 0.1) is 6.54 Å². The summed E-state index contributed by atoms with van der Waals surface area (Å²) in [5, 5.41) is 3.35. The van der Waals surface area contributed by atoms with Crippen LogP contribution in [-0.4, -0.2) is 62.5 Å². The Kier molecular flexibility index (Phi) is 6.68.